The maximum Gasteiger partial charge on any atom is 0.339 e. The Morgan fingerprint density at radius 2 is 1.90 bits per heavy atom. The average molecular weight is 352 g/mol. The lowest BCUT2D eigenvalue weighted by molar-refractivity contribution is -0.384. The Bertz CT molecular complexity index is 684. The topological polar surface area (TPSA) is 89.7 Å². The zero-order valence-corrected chi connectivity index (χ0v) is 12.2. The van der Waals surface area contributed by atoms with Crippen molar-refractivity contribution >= 4 is 27.6 Å². The summed E-state index contributed by atoms with van der Waals surface area (Å²) >= 11 is 3.24. The fourth-order valence-electron chi connectivity index (χ4n) is 1.69. The lowest BCUT2D eigenvalue weighted by atomic mass is 10.2. The van der Waals surface area contributed by atoms with E-state index in [2.05, 4.69) is 15.9 Å². The number of non-ortho nitro benzene ring substituents is 1. The molecule has 0 saturated heterocycles. The maximum absolute atomic E-state index is 11.1. The number of halogens is 1. The van der Waals surface area contributed by atoms with Crippen molar-refractivity contribution in [1.29, 1.82) is 0 Å². The van der Waals surface area contributed by atoms with Gasteiger partial charge in [-0.1, -0.05) is 6.07 Å². The number of hydrogen-bond donors (Lipinski definition) is 1. The molecule has 0 heterocycles. The molecule has 0 aromatic heterocycles. The van der Waals surface area contributed by atoms with Crippen LogP contribution in [0.15, 0.2) is 46.9 Å². The molecular weight excluding hydrogens is 342 g/mol. The Balaban J connectivity index is 2.16. The van der Waals surface area contributed by atoms with Gasteiger partial charge in [0.1, 0.15) is 17.9 Å². The third-order valence-corrected chi connectivity index (χ3v) is 3.35. The van der Waals surface area contributed by atoms with E-state index in [1.165, 1.54) is 18.2 Å². The van der Waals surface area contributed by atoms with Crippen molar-refractivity contribution in [3.8, 4) is 5.75 Å². The number of rotatable bonds is 5. The highest BCUT2D eigenvalue weighted by Crippen LogP contribution is 2.30. The molecular formula is C14H10BrNO5. The molecule has 2 aromatic carbocycles. The van der Waals surface area contributed by atoms with Gasteiger partial charge >= 0.3 is 5.97 Å². The Morgan fingerprint density at radius 3 is 2.48 bits per heavy atom. The van der Waals surface area contributed by atoms with Crippen LogP contribution in [0.1, 0.15) is 15.9 Å². The molecule has 2 rings (SSSR count). The molecule has 0 aliphatic rings. The molecule has 0 amide bonds. The smallest absolute Gasteiger partial charge is 0.339 e. The molecule has 0 spiro atoms. The fourth-order valence-corrected chi connectivity index (χ4v) is 2.17. The first kappa shape index (κ1) is 15.0. The molecule has 0 atom stereocenters. The predicted octanol–water partition coefficient (Wildman–Crippen LogP) is 3.63. The van der Waals surface area contributed by atoms with Crippen LogP contribution in [0.2, 0.25) is 0 Å². The Hall–Kier alpha value is -2.41. The van der Waals surface area contributed by atoms with E-state index in [0.717, 1.165) is 0 Å². The van der Waals surface area contributed by atoms with Gasteiger partial charge in [-0.25, -0.2) is 4.79 Å². The number of carboxylic acid groups (broad SMARTS) is 1. The largest absolute Gasteiger partial charge is 0.487 e. The normalized spacial score (nSPS) is 10.1. The van der Waals surface area contributed by atoms with Crippen molar-refractivity contribution in [2.45, 2.75) is 6.61 Å². The minimum atomic E-state index is -1.09. The zero-order chi connectivity index (χ0) is 15.4. The molecule has 0 aliphatic carbocycles. The number of nitro groups is 1. The highest BCUT2D eigenvalue weighted by atomic mass is 79.9. The highest BCUT2D eigenvalue weighted by Gasteiger charge is 2.14. The number of aromatic carboxylic acids is 1. The van der Waals surface area contributed by atoms with Crippen LogP contribution in [-0.4, -0.2) is 16.0 Å². The van der Waals surface area contributed by atoms with Crippen LogP contribution < -0.4 is 4.74 Å². The summed E-state index contributed by atoms with van der Waals surface area (Å²) in [7, 11) is 0. The Kier molecular flexibility index (Phi) is 4.54. The van der Waals surface area contributed by atoms with Crippen LogP contribution in [-0.2, 0) is 6.61 Å². The first-order chi connectivity index (χ1) is 9.99. The van der Waals surface area contributed by atoms with Crippen molar-refractivity contribution in [2.24, 2.45) is 0 Å². The molecule has 0 fully saturated rings. The van der Waals surface area contributed by atoms with E-state index < -0.39 is 10.9 Å². The van der Waals surface area contributed by atoms with Crippen LogP contribution in [0.4, 0.5) is 5.69 Å². The monoisotopic (exact) mass is 351 g/mol. The Labute approximate surface area is 128 Å². The summed E-state index contributed by atoms with van der Waals surface area (Å²) in [5, 5.41) is 19.7. The molecule has 2 aromatic rings. The highest BCUT2D eigenvalue weighted by molar-refractivity contribution is 9.10. The molecule has 6 nitrogen and oxygen atoms in total. The summed E-state index contributed by atoms with van der Waals surface area (Å²) in [5.74, 6) is -0.863. The maximum atomic E-state index is 11.1. The number of nitro benzene ring substituents is 1. The van der Waals surface area contributed by atoms with Crippen LogP contribution in [0.25, 0.3) is 0 Å². The number of hydrogen-bond acceptors (Lipinski definition) is 4. The van der Waals surface area contributed by atoms with Gasteiger partial charge in [-0.3, -0.25) is 10.1 Å². The summed E-state index contributed by atoms with van der Waals surface area (Å²) in [4.78, 5) is 21.2. The first-order valence-electron chi connectivity index (χ1n) is 5.87. The van der Waals surface area contributed by atoms with Crippen molar-refractivity contribution in [3.63, 3.8) is 0 Å². The third-order valence-electron chi connectivity index (χ3n) is 2.73. The number of nitrogens with zero attached hydrogens (tertiary/aromatic N) is 1. The van der Waals surface area contributed by atoms with Gasteiger partial charge in [-0.05, 0) is 45.8 Å². The van der Waals surface area contributed by atoms with Gasteiger partial charge in [-0.15, -0.1) is 0 Å². The SMILES string of the molecule is O=C(O)c1cccc(Br)c1OCc1ccc([N+](=O)[O-])cc1. The Morgan fingerprint density at radius 1 is 1.24 bits per heavy atom. The molecule has 0 unspecified atom stereocenters. The van der Waals surface area contributed by atoms with Crippen molar-refractivity contribution in [3.05, 3.63) is 68.2 Å². The minimum absolute atomic E-state index is 0.00846. The van der Waals surface area contributed by atoms with Gasteiger partial charge in [0.15, 0.2) is 0 Å². The van der Waals surface area contributed by atoms with Crippen molar-refractivity contribution in [2.75, 3.05) is 0 Å². The molecule has 0 radical (unpaired) electrons. The van der Waals surface area contributed by atoms with E-state index in [1.54, 1.807) is 24.3 Å². The first-order valence-corrected chi connectivity index (χ1v) is 6.66. The van der Waals surface area contributed by atoms with E-state index in [1.807, 2.05) is 0 Å². The molecule has 21 heavy (non-hydrogen) atoms. The van der Waals surface area contributed by atoms with E-state index in [0.29, 0.717) is 10.0 Å². The van der Waals surface area contributed by atoms with Gasteiger partial charge in [0, 0.05) is 12.1 Å². The summed E-state index contributed by atoms with van der Waals surface area (Å²) < 4.78 is 6.05. The van der Waals surface area contributed by atoms with Crippen LogP contribution in [0.3, 0.4) is 0 Å². The second-order valence-corrected chi connectivity index (χ2v) is 4.99. The summed E-state index contributed by atoms with van der Waals surface area (Å²) in [6, 6.07) is 10.6. The van der Waals surface area contributed by atoms with E-state index >= 15 is 0 Å². The van der Waals surface area contributed by atoms with E-state index in [4.69, 9.17) is 9.84 Å². The van der Waals surface area contributed by atoms with Gasteiger partial charge < -0.3 is 9.84 Å². The van der Waals surface area contributed by atoms with Crippen LogP contribution in [0, 0.1) is 10.1 Å². The molecule has 0 bridgehead atoms. The molecule has 108 valence electrons. The fraction of sp³-hybridized carbons (Fsp3) is 0.0714. The summed E-state index contributed by atoms with van der Waals surface area (Å²) in [5.41, 5.74) is 0.741. The average Bonchev–Trinajstić information content (AvgIpc) is 2.46. The van der Waals surface area contributed by atoms with Gasteiger partial charge in [0.05, 0.1) is 9.40 Å². The van der Waals surface area contributed by atoms with E-state index in [-0.39, 0.29) is 23.6 Å². The lowest BCUT2D eigenvalue weighted by Crippen LogP contribution is -2.04. The second-order valence-electron chi connectivity index (χ2n) is 4.13. The van der Waals surface area contributed by atoms with Gasteiger partial charge in [0.2, 0.25) is 0 Å². The summed E-state index contributed by atoms with van der Waals surface area (Å²) in [6.45, 7) is 0.112. The molecule has 1 N–H and O–H groups in total. The van der Waals surface area contributed by atoms with Crippen molar-refractivity contribution < 1.29 is 19.6 Å². The van der Waals surface area contributed by atoms with Gasteiger partial charge in [0.25, 0.3) is 5.69 Å². The standard InChI is InChI=1S/C14H10BrNO5/c15-12-3-1-2-11(14(17)18)13(12)21-8-9-4-6-10(7-5-9)16(19)20/h1-7H,8H2,(H,17,18). The quantitative estimate of drug-likeness (QED) is 0.656. The van der Waals surface area contributed by atoms with E-state index in [9.17, 15) is 14.9 Å². The predicted molar refractivity (Wildman–Crippen MR) is 78.5 cm³/mol. The number of benzene rings is 2. The summed E-state index contributed by atoms with van der Waals surface area (Å²) in [6.07, 6.45) is 0. The minimum Gasteiger partial charge on any atom is -0.487 e. The number of para-hydroxylation sites is 1. The lowest BCUT2D eigenvalue weighted by Gasteiger charge is -2.11. The van der Waals surface area contributed by atoms with Crippen LogP contribution in [0.5, 0.6) is 5.75 Å². The van der Waals surface area contributed by atoms with Gasteiger partial charge in [-0.2, -0.15) is 0 Å². The van der Waals surface area contributed by atoms with Crippen molar-refractivity contribution in [1.82, 2.24) is 0 Å². The number of carboxylic acids is 1. The second kappa shape index (κ2) is 6.36. The van der Waals surface area contributed by atoms with Crippen LogP contribution >= 0.6 is 15.9 Å². The number of carbonyl (C=O) groups is 1. The molecule has 7 heteroatoms. The zero-order valence-electron chi connectivity index (χ0n) is 10.7. The third kappa shape index (κ3) is 3.57. The molecule has 0 aliphatic heterocycles. The number of ether oxygens (including phenoxy) is 1. The molecule has 0 saturated carbocycles.